The van der Waals surface area contributed by atoms with Crippen molar-refractivity contribution >= 4 is 11.8 Å². The fourth-order valence-electron chi connectivity index (χ4n) is 3.95. The van der Waals surface area contributed by atoms with Crippen molar-refractivity contribution in [3.8, 4) is 0 Å². The van der Waals surface area contributed by atoms with Gasteiger partial charge in [0.05, 0.1) is 38.4 Å². The number of hydrogen-bond donors (Lipinski definition) is 3. The molecular formula is C22H30N3O3+. The van der Waals surface area contributed by atoms with Gasteiger partial charge in [0.1, 0.15) is 0 Å². The second-order valence-electron chi connectivity index (χ2n) is 7.46. The van der Waals surface area contributed by atoms with E-state index >= 15 is 0 Å². The maximum absolute atomic E-state index is 12.7. The number of amides is 2. The van der Waals surface area contributed by atoms with Crippen LogP contribution in [0.1, 0.15) is 56.0 Å². The second-order valence-corrected chi connectivity index (χ2v) is 7.46. The Morgan fingerprint density at radius 3 is 2.46 bits per heavy atom. The Morgan fingerprint density at radius 1 is 1.07 bits per heavy atom. The third-order valence-electron chi connectivity index (χ3n) is 5.35. The van der Waals surface area contributed by atoms with Crippen LogP contribution in [-0.4, -0.2) is 31.4 Å². The van der Waals surface area contributed by atoms with E-state index in [-0.39, 0.29) is 30.3 Å². The van der Waals surface area contributed by atoms with Crippen LogP contribution in [0.25, 0.3) is 0 Å². The molecule has 0 unspecified atom stereocenters. The van der Waals surface area contributed by atoms with Gasteiger partial charge in [-0.1, -0.05) is 30.3 Å². The van der Waals surface area contributed by atoms with Crippen LogP contribution < -0.4 is 15.5 Å². The van der Waals surface area contributed by atoms with Gasteiger partial charge >= 0.3 is 0 Å². The van der Waals surface area contributed by atoms with Crippen LogP contribution in [0, 0.1) is 0 Å². The van der Waals surface area contributed by atoms with Crippen LogP contribution in [0.15, 0.2) is 53.1 Å². The zero-order valence-electron chi connectivity index (χ0n) is 16.4. The first-order valence-corrected chi connectivity index (χ1v) is 10.1. The number of carbonyl (C=O) groups is 2. The molecule has 1 fully saturated rings. The van der Waals surface area contributed by atoms with E-state index in [9.17, 15) is 9.59 Å². The fraction of sp³-hybridized carbons (Fsp3) is 0.455. The summed E-state index contributed by atoms with van der Waals surface area (Å²) in [6.07, 6.45) is 5.59. The van der Waals surface area contributed by atoms with Crippen molar-refractivity contribution in [1.29, 1.82) is 0 Å². The van der Waals surface area contributed by atoms with E-state index in [1.165, 1.54) is 31.1 Å². The molecule has 0 saturated carbocycles. The molecule has 0 bridgehead atoms. The summed E-state index contributed by atoms with van der Waals surface area (Å²) in [6, 6.07) is 13.3. The molecule has 0 aliphatic carbocycles. The highest BCUT2D eigenvalue weighted by molar-refractivity contribution is 5.79. The van der Waals surface area contributed by atoms with E-state index in [4.69, 9.17) is 4.42 Å². The van der Waals surface area contributed by atoms with Gasteiger partial charge in [-0.05, 0) is 37.0 Å². The topological polar surface area (TPSA) is 75.8 Å². The first-order valence-electron chi connectivity index (χ1n) is 10.1. The van der Waals surface area contributed by atoms with Gasteiger partial charge in [0.2, 0.25) is 11.8 Å². The van der Waals surface area contributed by atoms with Crippen LogP contribution in [0.2, 0.25) is 0 Å². The molecular weight excluding hydrogens is 354 g/mol. The number of nitrogens with one attached hydrogen (secondary N) is 3. The van der Waals surface area contributed by atoms with E-state index in [2.05, 4.69) is 10.6 Å². The number of benzene rings is 1. The molecule has 1 aliphatic heterocycles. The van der Waals surface area contributed by atoms with Crippen LogP contribution in [-0.2, 0) is 9.59 Å². The molecule has 2 amide bonds. The number of quaternary nitrogens is 1. The Kier molecular flexibility index (Phi) is 7.25. The summed E-state index contributed by atoms with van der Waals surface area (Å²) >= 11 is 0. The van der Waals surface area contributed by atoms with Gasteiger partial charge < -0.3 is 20.0 Å². The van der Waals surface area contributed by atoms with Gasteiger partial charge in [-0.2, -0.15) is 0 Å². The number of hydrogen-bond acceptors (Lipinski definition) is 3. The number of piperidine rings is 1. The summed E-state index contributed by atoms with van der Waals surface area (Å²) in [4.78, 5) is 25.7. The van der Waals surface area contributed by atoms with Crippen molar-refractivity contribution in [3.63, 3.8) is 0 Å². The van der Waals surface area contributed by atoms with Crippen LogP contribution in [0.3, 0.4) is 0 Å². The summed E-state index contributed by atoms with van der Waals surface area (Å²) in [5.74, 6) is 0.696. The highest BCUT2D eigenvalue weighted by Crippen LogP contribution is 2.17. The van der Waals surface area contributed by atoms with Crippen molar-refractivity contribution in [1.82, 2.24) is 10.6 Å². The van der Waals surface area contributed by atoms with E-state index in [1.54, 1.807) is 6.26 Å². The molecule has 28 heavy (non-hydrogen) atoms. The number of furan rings is 1. The van der Waals surface area contributed by atoms with Gasteiger partial charge in [0, 0.05) is 6.92 Å². The molecule has 3 rings (SSSR count). The Balaban J connectivity index is 1.62. The lowest BCUT2D eigenvalue weighted by atomic mass is 10.0. The predicted octanol–water partition coefficient (Wildman–Crippen LogP) is 1.77. The summed E-state index contributed by atoms with van der Waals surface area (Å²) < 4.78 is 5.66. The average Bonchev–Trinajstić information content (AvgIpc) is 3.23. The molecule has 2 heterocycles. The second kappa shape index (κ2) is 10.1. The quantitative estimate of drug-likeness (QED) is 0.649. The van der Waals surface area contributed by atoms with Crippen molar-refractivity contribution in [2.45, 2.75) is 44.7 Å². The molecule has 1 aromatic carbocycles. The molecule has 1 aromatic heterocycles. The highest BCUT2D eigenvalue weighted by Gasteiger charge is 2.29. The van der Waals surface area contributed by atoms with Gasteiger partial charge in [0.25, 0.3) is 0 Å². The maximum atomic E-state index is 12.7. The molecule has 6 heteroatoms. The fourth-order valence-corrected chi connectivity index (χ4v) is 3.95. The molecule has 6 nitrogen and oxygen atoms in total. The smallest absolute Gasteiger partial charge is 0.222 e. The van der Waals surface area contributed by atoms with E-state index in [0.29, 0.717) is 6.54 Å². The Morgan fingerprint density at radius 2 is 1.82 bits per heavy atom. The minimum absolute atomic E-state index is 0.0735. The minimum atomic E-state index is -0.330. The van der Waals surface area contributed by atoms with Crippen LogP contribution >= 0.6 is 0 Å². The maximum Gasteiger partial charge on any atom is 0.222 e. The average molecular weight is 385 g/mol. The van der Waals surface area contributed by atoms with Crippen molar-refractivity contribution in [3.05, 3.63) is 60.1 Å². The first-order chi connectivity index (χ1) is 13.6. The third kappa shape index (κ3) is 5.70. The summed E-state index contributed by atoms with van der Waals surface area (Å²) in [6.45, 7) is 4.20. The summed E-state index contributed by atoms with van der Waals surface area (Å²) in [5.41, 5.74) is 0.928. The van der Waals surface area contributed by atoms with E-state index in [0.717, 1.165) is 24.4 Å². The lowest BCUT2D eigenvalue weighted by Crippen LogP contribution is -3.13. The monoisotopic (exact) mass is 384 g/mol. The van der Waals surface area contributed by atoms with Crippen LogP contribution in [0.4, 0.5) is 0 Å². The van der Waals surface area contributed by atoms with E-state index in [1.807, 2.05) is 42.5 Å². The van der Waals surface area contributed by atoms with Gasteiger partial charge in [-0.3, -0.25) is 9.59 Å². The molecule has 3 N–H and O–H groups in total. The standard InChI is InChI=1S/C22H29N3O3/c1-17(26)24-19(18-9-4-2-5-10-18)15-22(27)23-16-20(21-11-8-14-28-21)25-12-6-3-7-13-25/h2,4-5,8-11,14,19-20H,3,6-7,12-13,15-16H2,1H3,(H,23,27)(H,24,26)/p+1/t19-,20-/m1/s1. The minimum Gasteiger partial charge on any atom is -0.463 e. The Labute approximate surface area is 166 Å². The lowest BCUT2D eigenvalue weighted by Gasteiger charge is -2.30. The third-order valence-corrected chi connectivity index (χ3v) is 5.35. The first kappa shape index (κ1) is 20.1. The summed E-state index contributed by atoms with van der Waals surface area (Å²) in [7, 11) is 0. The van der Waals surface area contributed by atoms with Crippen molar-refractivity contribution in [2.24, 2.45) is 0 Å². The summed E-state index contributed by atoms with van der Waals surface area (Å²) in [5, 5.41) is 5.95. The zero-order chi connectivity index (χ0) is 19.8. The number of likely N-dealkylation sites (tertiary alicyclic amines) is 1. The largest absolute Gasteiger partial charge is 0.463 e. The molecule has 1 aliphatic rings. The normalized spacial score (nSPS) is 16.9. The zero-order valence-corrected chi connectivity index (χ0v) is 16.4. The SMILES string of the molecule is CC(=O)N[C@H](CC(=O)NC[C@H](c1ccco1)[NH+]1CCCCC1)c1ccccc1. The number of rotatable bonds is 8. The molecule has 0 spiro atoms. The molecule has 0 radical (unpaired) electrons. The number of carbonyl (C=O) groups excluding carboxylic acids is 2. The van der Waals surface area contributed by atoms with Crippen molar-refractivity contribution < 1.29 is 18.9 Å². The van der Waals surface area contributed by atoms with Gasteiger partial charge in [-0.15, -0.1) is 0 Å². The molecule has 2 aromatic rings. The van der Waals surface area contributed by atoms with Crippen LogP contribution in [0.5, 0.6) is 0 Å². The molecule has 1 saturated heterocycles. The van der Waals surface area contributed by atoms with Gasteiger partial charge in [-0.25, -0.2) is 0 Å². The highest BCUT2D eigenvalue weighted by atomic mass is 16.3. The lowest BCUT2D eigenvalue weighted by molar-refractivity contribution is -0.936. The molecule has 2 atom stereocenters. The molecule has 150 valence electrons. The Hall–Kier alpha value is -2.60. The van der Waals surface area contributed by atoms with Crippen molar-refractivity contribution in [2.75, 3.05) is 19.6 Å². The Bertz CT molecular complexity index is 740. The van der Waals surface area contributed by atoms with E-state index < -0.39 is 0 Å². The predicted molar refractivity (Wildman–Crippen MR) is 107 cm³/mol. The van der Waals surface area contributed by atoms with Gasteiger partial charge in [0.15, 0.2) is 11.8 Å².